The Morgan fingerprint density at radius 3 is 2.17 bits per heavy atom. The van der Waals surface area contributed by atoms with Crippen molar-refractivity contribution in [1.82, 2.24) is 9.55 Å². The molecule has 0 atom stereocenters. The van der Waals surface area contributed by atoms with Crippen LogP contribution in [0, 0.1) is 6.92 Å². The van der Waals surface area contributed by atoms with E-state index in [4.69, 9.17) is 0 Å². The molecule has 4 heteroatoms. The lowest BCUT2D eigenvalue weighted by Crippen LogP contribution is -2.23. The van der Waals surface area contributed by atoms with Crippen LogP contribution in [0.4, 0.5) is 0 Å². The number of ketones is 2. The average Bonchev–Trinajstić information content (AvgIpc) is 2.91. The summed E-state index contributed by atoms with van der Waals surface area (Å²) in [6.45, 7) is 2.35. The van der Waals surface area contributed by atoms with Gasteiger partial charge in [0, 0.05) is 17.7 Å². The van der Waals surface area contributed by atoms with Crippen molar-refractivity contribution in [2.45, 2.75) is 13.5 Å². The van der Waals surface area contributed by atoms with Gasteiger partial charge < -0.3 is 4.57 Å². The summed E-state index contributed by atoms with van der Waals surface area (Å²) in [5.74, 6) is 0.366. The van der Waals surface area contributed by atoms with E-state index in [0.29, 0.717) is 29.2 Å². The first kappa shape index (κ1) is 13.6. The van der Waals surface area contributed by atoms with Crippen LogP contribution in [0.5, 0.6) is 0 Å². The van der Waals surface area contributed by atoms with Crippen LogP contribution in [0.3, 0.4) is 0 Å². The number of nitrogens with zero attached hydrogens (tertiary/aromatic N) is 2. The molecular weight excluding hydrogens is 288 g/mol. The topological polar surface area (TPSA) is 52.0 Å². The number of hydrogen-bond donors (Lipinski definition) is 0. The maximum atomic E-state index is 12.9. The third-order valence-electron chi connectivity index (χ3n) is 4.19. The van der Waals surface area contributed by atoms with Crippen molar-refractivity contribution in [2.75, 3.05) is 0 Å². The van der Waals surface area contributed by atoms with Gasteiger partial charge in [-0.1, -0.05) is 54.6 Å². The molecule has 1 aliphatic carbocycles. The molecule has 4 nitrogen and oxygen atoms in total. The molecule has 0 spiro atoms. The van der Waals surface area contributed by atoms with Crippen molar-refractivity contribution in [3.8, 4) is 0 Å². The molecule has 0 saturated heterocycles. The van der Waals surface area contributed by atoms with Crippen LogP contribution in [0.2, 0.25) is 0 Å². The van der Waals surface area contributed by atoms with Gasteiger partial charge in [0.15, 0.2) is 0 Å². The minimum atomic E-state index is -0.176. The lowest BCUT2D eigenvalue weighted by atomic mass is 9.90. The van der Waals surface area contributed by atoms with E-state index < -0.39 is 0 Å². The van der Waals surface area contributed by atoms with E-state index in [1.807, 2.05) is 41.8 Å². The van der Waals surface area contributed by atoms with Crippen LogP contribution in [-0.4, -0.2) is 21.1 Å². The van der Waals surface area contributed by atoms with Crippen molar-refractivity contribution in [3.63, 3.8) is 0 Å². The normalized spacial score (nSPS) is 12.9. The van der Waals surface area contributed by atoms with Crippen LogP contribution in [0.1, 0.15) is 43.5 Å². The Hall–Kier alpha value is -3.01. The molecule has 4 rings (SSSR count). The van der Waals surface area contributed by atoms with Gasteiger partial charge in [-0.15, -0.1) is 0 Å². The minimum Gasteiger partial charge on any atom is -0.320 e. The van der Waals surface area contributed by atoms with Gasteiger partial charge in [-0.3, -0.25) is 9.59 Å². The second kappa shape index (κ2) is 5.02. The summed E-state index contributed by atoms with van der Waals surface area (Å²) in [4.78, 5) is 29.9. The highest BCUT2D eigenvalue weighted by Gasteiger charge is 2.34. The smallest absolute Gasteiger partial charge is 0.214 e. The number of aryl methyl sites for hydroxylation is 1. The van der Waals surface area contributed by atoms with E-state index in [2.05, 4.69) is 4.98 Å². The van der Waals surface area contributed by atoms with Crippen LogP contribution in [-0.2, 0) is 6.54 Å². The van der Waals surface area contributed by atoms with E-state index in [1.165, 1.54) is 0 Å². The molecule has 0 amide bonds. The molecule has 23 heavy (non-hydrogen) atoms. The Kier molecular flexibility index (Phi) is 2.98. The predicted molar refractivity (Wildman–Crippen MR) is 85.8 cm³/mol. The minimum absolute atomic E-state index is 0.133. The zero-order valence-electron chi connectivity index (χ0n) is 12.6. The van der Waals surface area contributed by atoms with Gasteiger partial charge in [-0.05, 0) is 12.5 Å². The molecule has 1 aromatic heterocycles. The summed E-state index contributed by atoms with van der Waals surface area (Å²) in [5.41, 5.74) is 2.63. The maximum absolute atomic E-state index is 12.9. The Labute approximate surface area is 133 Å². The summed E-state index contributed by atoms with van der Waals surface area (Å²) in [5, 5.41) is 0. The molecule has 1 aliphatic rings. The highest BCUT2D eigenvalue weighted by Crippen LogP contribution is 2.28. The van der Waals surface area contributed by atoms with E-state index in [9.17, 15) is 9.59 Å². The van der Waals surface area contributed by atoms with Gasteiger partial charge in [0.2, 0.25) is 11.6 Å². The fraction of sp³-hybridized carbons (Fsp3) is 0.105. The third-order valence-corrected chi connectivity index (χ3v) is 4.19. The van der Waals surface area contributed by atoms with E-state index >= 15 is 0 Å². The molecular formula is C19H14N2O2. The number of benzene rings is 2. The number of fused-ring (bicyclic) bond motifs is 2. The average molecular weight is 302 g/mol. The van der Waals surface area contributed by atoms with Gasteiger partial charge in [-0.2, -0.15) is 0 Å². The molecule has 0 aliphatic heterocycles. The zero-order chi connectivity index (χ0) is 16.0. The fourth-order valence-electron chi connectivity index (χ4n) is 3.05. The first-order valence-corrected chi connectivity index (χ1v) is 7.46. The maximum Gasteiger partial charge on any atom is 0.214 e. The predicted octanol–water partition coefficient (Wildman–Crippen LogP) is 3.02. The van der Waals surface area contributed by atoms with Crippen molar-refractivity contribution in [1.29, 1.82) is 0 Å². The molecule has 2 aromatic carbocycles. The van der Waals surface area contributed by atoms with Crippen molar-refractivity contribution in [3.05, 3.63) is 88.5 Å². The number of aromatic nitrogens is 2. The first-order valence-electron chi connectivity index (χ1n) is 7.46. The molecule has 0 saturated carbocycles. The van der Waals surface area contributed by atoms with Crippen LogP contribution >= 0.6 is 0 Å². The second-order valence-electron chi connectivity index (χ2n) is 5.63. The summed E-state index contributed by atoms with van der Waals surface area (Å²) in [7, 11) is 0. The Balaban J connectivity index is 1.88. The van der Waals surface area contributed by atoms with E-state index in [0.717, 1.165) is 5.56 Å². The summed E-state index contributed by atoms with van der Waals surface area (Å²) in [6.07, 6.45) is 0. The Bertz CT molecular complexity index is 939. The van der Waals surface area contributed by atoms with Crippen LogP contribution in [0.15, 0.2) is 54.6 Å². The highest BCUT2D eigenvalue weighted by molar-refractivity contribution is 6.27. The monoisotopic (exact) mass is 302 g/mol. The van der Waals surface area contributed by atoms with Gasteiger partial charge in [0.25, 0.3) is 0 Å². The van der Waals surface area contributed by atoms with Gasteiger partial charge in [0.1, 0.15) is 17.2 Å². The lowest BCUT2D eigenvalue weighted by Gasteiger charge is -2.16. The molecule has 1 heterocycles. The van der Waals surface area contributed by atoms with Gasteiger partial charge in [0.05, 0.1) is 0 Å². The fourth-order valence-corrected chi connectivity index (χ4v) is 3.05. The number of carbonyl (C=O) groups is 2. The van der Waals surface area contributed by atoms with E-state index in [1.54, 1.807) is 24.3 Å². The summed E-state index contributed by atoms with van der Waals surface area (Å²) in [6, 6.07) is 16.8. The standard InChI is InChI=1S/C19H14N2O2/c1-12-20-16-17(21(12)11-13-7-3-2-4-8-13)19(23)15-10-6-5-9-14(15)18(16)22/h2-10H,11H2,1H3. The third kappa shape index (κ3) is 2.03. The Morgan fingerprint density at radius 2 is 1.48 bits per heavy atom. The largest absolute Gasteiger partial charge is 0.320 e. The summed E-state index contributed by atoms with van der Waals surface area (Å²) >= 11 is 0. The molecule has 0 fully saturated rings. The lowest BCUT2D eigenvalue weighted by molar-refractivity contribution is 0.0971. The molecule has 0 unspecified atom stereocenters. The SMILES string of the molecule is Cc1nc2c(n1Cc1ccccc1)C(=O)c1ccccc1C2=O. The molecule has 0 N–H and O–H groups in total. The van der Waals surface area contributed by atoms with Crippen molar-refractivity contribution in [2.24, 2.45) is 0 Å². The highest BCUT2D eigenvalue weighted by atomic mass is 16.1. The van der Waals surface area contributed by atoms with Crippen LogP contribution < -0.4 is 0 Å². The van der Waals surface area contributed by atoms with Crippen molar-refractivity contribution < 1.29 is 9.59 Å². The number of hydrogen-bond acceptors (Lipinski definition) is 3. The number of imidazole rings is 1. The number of carbonyl (C=O) groups excluding carboxylic acids is 2. The molecule has 0 radical (unpaired) electrons. The van der Waals surface area contributed by atoms with E-state index in [-0.39, 0.29) is 17.3 Å². The van der Waals surface area contributed by atoms with Gasteiger partial charge in [-0.25, -0.2) is 4.98 Å². The second-order valence-corrected chi connectivity index (χ2v) is 5.63. The number of rotatable bonds is 2. The van der Waals surface area contributed by atoms with Crippen LogP contribution in [0.25, 0.3) is 0 Å². The van der Waals surface area contributed by atoms with Gasteiger partial charge >= 0.3 is 0 Å². The molecule has 112 valence electrons. The zero-order valence-corrected chi connectivity index (χ0v) is 12.6. The quantitative estimate of drug-likeness (QED) is 0.572. The summed E-state index contributed by atoms with van der Waals surface area (Å²) < 4.78 is 1.83. The molecule has 0 bridgehead atoms. The molecule has 3 aromatic rings. The van der Waals surface area contributed by atoms with Crippen molar-refractivity contribution >= 4 is 11.6 Å². The Morgan fingerprint density at radius 1 is 0.870 bits per heavy atom. The first-order chi connectivity index (χ1) is 11.2.